The molecule has 3 aromatic rings. The number of hydrogen-bond acceptors (Lipinski definition) is 4. The lowest BCUT2D eigenvalue weighted by atomic mass is 10.1. The van der Waals surface area contributed by atoms with E-state index in [0.29, 0.717) is 12.6 Å². The number of aromatic nitrogens is 2. The maximum atomic E-state index is 6.16. The minimum atomic E-state index is 0. The molecule has 8 heteroatoms. The minimum absolute atomic E-state index is 0. The zero-order chi connectivity index (χ0) is 22.5. The van der Waals surface area contributed by atoms with E-state index < -0.39 is 0 Å². The van der Waals surface area contributed by atoms with Crippen LogP contribution >= 0.6 is 24.0 Å². The Morgan fingerprint density at radius 3 is 2.65 bits per heavy atom. The molecule has 180 valence electrons. The van der Waals surface area contributed by atoms with Crippen LogP contribution in [-0.2, 0) is 17.8 Å². The Labute approximate surface area is 218 Å². The normalized spacial score (nSPS) is 20.6. The Bertz CT molecular complexity index is 1060. The summed E-state index contributed by atoms with van der Waals surface area (Å²) in [7, 11) is 0. The van der Waals surface area contributed by atoms with Crippen molar-refractivity contribution < 1.29 is 4.74 Å². The van der Waals surface area contributed by atoms with Crippen LogP contribution in [-0.4, -0.2) is 70.7 Å². The smallest absolute Gasteiger partial charge is 0.194 e. The van der Waals surface area contributed by atoms with Crippen molar-refractivity contribution in [3.63, 3.8) is 0 Å². The van der Waals surface area contributed by atoms with Crippen LogP contribution in [0.3, 0.4) is 0 Å². The summed E-state index contributed by atoms with van der Waals surface area (Å²) in [4.78, 5) is 17.7. The number of hydrogen-bond donors (Lipinski definition) is 2. The Kier molecular flexibility index (Phi) is 8.58. The molecule has 0 amide bonds. The molecule has 1 aromatic heterocycles. The second kappa shape index (κ2) is 11.8. The summed E-state index contributed by atoms with van der Waals surface area (Å²) in [5, 5.41) is 3.47. The van der Waals surface area contributed by atoms with Gasteiger partial charge in [-0.25, -0.2) is 9.98 Å². The van der Waals surface area contributed by atoms with E-state index in [1.165, 1.54) is 5.56 Å². The number of H-pyrrole nitrogens is 1. The van der Waals surface area contributed by atoms with Gasteiger partial charge in [-0.2, -0.15) is 0 Å². The number of halogens is 1. The Morgan fingerprint density at radius 1 is 1.12 bits per heavy atom. The van der Waals surface area contributed by atoms with Crippen molar-refractivity contribution in [1.82, 2.24) is 25.1 Å². The van der Waals surface area contributed by atoms with Crippen molar-refractivity contribution >= 4 is 29.9 Å². The number of benzene rings is 2. The van der Waals surface area contributed by atoms with Crippen LogP contribution < -0.4 is 5.32 Å². The number of ether oxygens (including phenoxy) is 1. The number of guanidine groups is 1. The molecule has 2 aliphatic heterocycles. The molecule has 5 rings (SSSR count). The lowest BCUT2D eigenvalue weighted by Gasteiger charge is -2.36. The molecule has 2 unspecified atom stereocenters. The predicted octanol–water partition coefficient (Wildman–Crippen LogP) is 3.75. The van der Waals surface area contributed by atoms with Crippen LogP contribution in [0.5, 0.6) is 0 Å². The van der Waals surface area contributed by atoms with E-state index in [0.717, 1.165) is 62.4 Å². The molecular weight excluding hydrogens is 539 g/mol. The SMILES string of the molecule is CCNC(=NCc1ncc(-c2ccccc2)[nH]1)N1CC2OCCN(Cc3ccccc3)C2C1.I. The van der Waals surface area contributed by atoms with Crippen LogP contribution in [0, 0.1) is 0 Å². The van der Waals surface area contributed by atoms with E-state index >= 15 is 0 Å². The number of nitrogens with one attached hydrogen (secondary N) is 2. The highest BCUT2D eigenvalue weighted by molar-refractivity contribution is 14.0. The molecular formula is C26H33IN6O. The fourth-order valence-electron chi connectivity index (χ4n) is 4.73. The van der Waals surface area contributed by atoms with E-state index in [4.69, 9.17) is 9.73 Å². The summed E-state index contributed by atoms with van der Waals surface area (Å²) in [5.74, 6) is 1.79. The van der Waals surface area contributed by atoms with Gasteiger partial charge in [0.1, 0.15) is 12.4 Å². The average Bonchev–Trinajstić information content (AvgIpc) is 3.51. The molecule has 0 saturated carbocycles. The monoisotopic (exact) mass is 572 g/mol. The van der Waals surface area contributed by atoms with Gasteiger partial charge in [0.25, 0.3) is 0 Å². The van der Waals surface area contributed by atoms with Gasteiger partial charge in [0, 0.05) is 32.7 Å². The molecule has 2 atom stereocenters. The van der Waals surface area contributed by atoms with Crippen LogP contribution in [0.2, 0.25) is 0 Å². The molecule has 0 aliphatic carbocycles. The topological polar surface area (TPSA) is 68.8 Å². The van der Waals surface area contributed by atoms with E-state index in [1.807, 2.05) is 24.4 Å². The molecule has 2 aliphatic rings. The number of fused-ring (bicyclic) bond motifs is 1. The Morgan fingerprint density at radius 2 is 1.88 bits per heavy atom. The van der Waals surface area contributed by atoms with Gasteiger partial charge in [-0.05, 0) is 18.1 Å². The van der Waals surface area contributed by atoms with Crippen molar-refractivity contribution in [2.45, 2.75) is 32.2 Å². The first-order valence-corrected chi connectivity index (χ1v) is 11.8. The molecule has 0 radical (unpaired) electrons. The molecule has 34 heavy (non-hydrogen) atoms. The third-order valence-electron chi connectivity index (χ3n) is 6.37. The van der Waals surface area contributed by atoms with Crippen LogP contribution in [0.1, 0.15) is 18.3 Å². The molecule has 3 heterocycles. The zero-order valence-corrected chi connectivity index (χ0v) is 21.9. The summed E-state index contributed by atoms with van der Waals surface area (Å²) >= 11 is 0. The van der Waals surface area contributed by atoms with Gasteiger partial charge in [0.2, 0.25) is 0 Å². The maximum absolute atomic E-state index is 6.16. The quantitative estimate of drug-likeness (QED) is 0.268. The molecule has 0 bridgehead atoms. The maximum Gasteiger partial charge on any atom is 0.194 e. The number of nitrogens with zero attached hydrogens (tertiary/aromatic N) is 4. The van der Waals surface area contributed by atoms with E-state index in [-0.39, 0.29) is 30.1 Å². The number of morpholine rings is 1. The summed E-state index contributed by atoms with van der Waals surface area (Å²) in [6.45, 7) is 7.92. The van der Waals surface area contributed by atoms with Crippen molar-refractivity contribution in [2.75, 3.05) is 32.8 Å². The van der Waals surface area contributed by atoms with Gasteiger partial charge in [-0.15, -0.1) is 24.0 Å². The highest BCUT2D eigenvalue weighted by atomic mass is 127. The highest BCUT2D eigenvalue weighted by Gasteiger charge is 2.41. The van der Waals surface area contributed by atoms with Crippen LogP contribution in [0.4, 0.5) is 0 Å². The number of imidazole rings is 1. The average molecular weight is 572 g/mol. The molecule has 0 spiro atoms. The molecule has 2 fully saturated rings. The zero-order valence-electron chi connectivity index (χ0n) is 19.6. The first kappa shape index (κ1) is 24.7. The summed E-state index contributed by atoms with van der Waals surface area (Å²) in [6, 6.07) is 21.3. The molecule has 7 nitrogen and oxygen atoms in total. The number of aromatic amines is 1. The largest absolute Gasteiger partial charge is 0.373 e. The highest BCUT2D eigenvalue weighted by Crippen LogP contribution is 2.25. The van der Waals surface area contributed by atoms with Gasteiger partial charge in [-0.3, -0.25) is 4.90 Å². The minimum Gasteiger partial charge on any atom is -0.373 e. The van der Waals surface area contributed by atoms with Crippen molar-refractivity contribution in [3.05, 3.63) is 78.2 Å². The fourth-order valence-corrected chi connectivity index (χ4v) is 4.73. The standard InChI is InChI=1S/C26H32N6O.HI/c1-2-27-26(29-16-25-28-15-22(30-25)21-11-7-4-8-12-21)32-18-23-24(19-32)33-14-13-31(23)17-20-9-5-3-6-10-20;/h3-12,15,23-24H,2,13-14,16-19H2,1H3,(H,27,29)(H,28,30);1H. The van der Waals surface area contributed by atoms with Crippen molar-refractivity contribution in [3.8, 4) is 11.3 Å². The molecule has 2 saturated heterocycles. The lowest BCUT2D eigenvalue weighted by Crippen LogP contribution is -2.50. The van der Waals surface area contributed by atoms with Gasteiger partial charge >= 0.3 is 0 Å². The van der Waals surface area contributed by atoms with Crippen LogP contribution in [0.25, 0.3) is 11.3 Å². The lowest BCUT2D eigenvalue weighted by molar-refractivity contribution is -0.0502. The van der Waals surface area contributed by atoms with Crippen LogP contribution in [0.15, 0.2) is 71.9 Å². The third kappa shape index (κ3) is 5.79. The summed E-state index contributed by atoms with van der Waals surface area (Å²) in [6.07, 6.45) is 2.09. The van der Waals surface area contributed by atoms with Gasteiger partial charge in [0.15, 0.2) is 5.96 Å². The number of likely N-dealkylation sites (tertiary alicyclic amines) is 1. The van der Waals surface area contributed by atoms with Gasteiger partial charge < -0.3 is 19.9 Å². The van der Waals surface area contributed by atoms with Crippen molar-refractivity contribution in [2.24, 2.45) is 4.99 Å². The second-order valence-electron chi connectivity index (χ2n) is 8.62. The third-order valence-corrected chi connectivity index (χ3v) is 6.37. The second-order valence-corrected chi connectivity index (χ2v) is 8.62. The number of rotatable bonds is 6. The Hall–Kier alpha value is -2.43. The van der Waals surface area contributed by atoms with E-state index in [1.54, 1.807) is 0 Å². The molecule has 2 aromatic carbocycles. The number of aliphatic imine (C=N–C) groups is 1. The first-order valence-electron chi connectivity index (χ1n) is 11.8. The summed E-state index contributed by atoms with van der Waals surface area (Å²) in [5.41, 5.74) is 3.50. The predicted molar refractivity (Wildman–Crippen MR) is 146 cm³/mol. The Balaban J connectivity index is 0.00000274. The van der Waals surface area contributed by atoms with E-state index in [9.17, 15) is 0 Å². The van der Waals surface area contributed by atoms with Crippen molar-refractivity contribution in [1.29, 1.82) is 0 Å². The van der Waals surface area contributed by atoms with Gasteiger partial charge in [0.05, 0.1) is 30.6 Å². The van der Waals surface area contributed by atoms with Gasteiger partial charge in [-0.1, -0.05) is 60.7 Å². The fraction of sp³-hybridized carbons (Fsp3) is 0.385. The summed E-state index contributed by atoms with van der Waals surface area (Å²) < 4.78 is 6.16. The molecule has 2 N–H and O–H groups in total. The first-order chi connectivity index (χ1) is 16.3. The van der Waals surface area contributed by atoms with E-state index in [2.05, 4.69) is 74.5 Å².